The highest BCUT2D eigenvalue weighted by atomic mass is 16.5. The van der Waals surface area contributed by atoms with Crippen LogP contribution in [0.2, 0.25) is 0 Å². The first-order valence-corrected chi connectivity index (χ1v) is 5.37. The van der Waals surface area contributed by atoms with E-state index in [0.717, 1.165) is 0 Å². The number of carbonyl (C=O) groups excluding carboxylic acids is 2. The fourth-order valence-corrected chi connectivity index (χ4v) is 1.76. The summed E-state index contributed by atoms with van der Waals surface area (Å²) in [5, 5.41) is 0. The summed E-state index contributed by atoms with van der Waals surface area (Å²) in [4.78, 5) is 26.9. The molecule has 6 nitrogen and oxygen atoms in total. The van der Waals surface area contributed by atoms with E-state index in [1.165, 1.54) is 14.0 Å². The number of anilines is 1. The van der Waals surface area contributed by atoms with E-state index in [2.05, 4.69) is 9.72 Å². The highest BCUT2D eigenvalue weighted by Gasteiger charge is 2.18. The van der Waals surface area contributed by atoms with E-state index in [1.807, 2.05) is 0 Å². The Labute approximate surface area is 103 Å². The number of imidazole rings is 1. The maximum atomic E-state index is 11.6. The molecule has 0 aliphatic carbocycles. The molecule has 0 saturated carbocycles. The molecule has 0 spiro atoms. The van der Waals surface area contributed by atoms with E-state index in [9.17, 15) is 9.59 Å². The van der Waals surface area contributed by atoms with Crippen LogP contribution in [0.3, 0.4) is 0 Å². The van der Waals surface area contributed by atoms with Crippen molar-refractivity contribution in [1.29, 1.82) is 0 Å². The number of methoxy groups -OCH3 is 1. The summed E-state index contributed by atoms with van der Waals surface area (Å²) < 4.78 is 6.30. The zero-order valence-corrected chi connectivity index (χ0v) is 10.1. The van der Waals surface area contributed by atoms with Crippen molar-refractivity contribution in [2.24, 2.45) is 0 Å². The van der Waals surface area contributed by atoms with E-state index >= 15 is 0 Å². The fourth-order valence-electron chi connectivity index (χ4n) is 1.76. The highest BCUT2D eigenvalue weighted by molar-refractivity contribution is 5.95. The molecule has 0 unspecified atom stereocenters. The minimum atomic E-state index is -0.535. The van der Waals surface area contributed by atoms with Crippen molar-refractivity contribution in [2.45, 2.75) is 13.3 Å². The topological polar surface area (TPSA) is 86.7 Å². The van der Waals surface area contributed by atoms with E-state index in [4.69, 9.17) is 5.73 Å². The lowest BCUT2D eigenvalue weighted by Crippen LogP contribution is -2.03. The van der Waals surface area contributed by atoms with Crippen LogP contribution in [-0.4, -0.2) is 28.2 Å². The minimum Gasteiger partial charge on any atom is -0.464 e. The second-order valence-electron chi connectivity index (χ2n) is 3.96. The summed E-state index contributed by atoms with van der Waals surface area (Å²) in [7, 11) is 1.29. The van der Waals surface area contributed by atoms with Crippen LogP contribution >= 0.6 is 0 Å². The Morgan fingerprint density at radius 2 is 2.17 bits per heavy atom. The van der Waals surface area contributed by atoms with Gasteiger partial charge in [0.15, 0.2) is 5.69 Å². The zero-order valence-electron chi connectivity index (χ0n) is 10.1. The molecule has 0 atom stereocenters. The van der Waals surface area contributed by atoms with Gasteiger partial charge >= 0.3 is 5.97 Å². The van der Waals surface area contributed by atoms with Crippen LogP contribution in [0.1, 0.15) is 23.2 Å². The first-order valence-electron chi connectivity index (χ1n) is 5.37. The number of hydrogen-bond donors (Lipinski definition) is 1. The summed E-state index contributed by atoms with van der Waals surface area (Å²) in [5.41, 5.74) is 6.99. The molecule has 0 bridgehead atoms. The number of nitrogens with two attached hydrogens (primary N) is 1. The molecule has 0 aliphatic heterocycles. The quantitative estimate of drug-likeness (QED) is 0.812. The first-order chi connectivity index (χ1) is 8.52. The molecule has 0 aliphatic rings. The van der Waals surface area contributed by atoms with Crippen molar-refractivity contribution >= 4 is 23.0 Å². The predicted octanol–water partition coefficient (Wildman–Crippen LogP) is 0.835. The van der Waals surface area contributed by atoms with Gasteiger partial charge in [0.25, 0.3) is 0 Å². The minimum absolute atomic E-state index is 0.0410. The third kappa shape index (κ3) is 2.04. The smallest absolute Gasteiger partial charge is 0.358 e. The number of nitrogen functional groups attached to an aromatic ring is 1. The van der Waals surface area contributed by atoms with Gasteiger partial charge in [-0.3, -0.25) is 4.79 Å². The van der Waals surface area contributed by atoms with Crippen molar-refractivity contribution in [3.05, 3.63) is 29.8 Å². The van der Waals surface area contributed by atoms with Crippen LogP contribution in [-0.2, 0) is 16.0 Å². The van der Waals surface area contributed by atoms with Crippen LogP contribution < -0.4 is 5.73 Å². The van der Waals surface area contributed by atoms with Gasteiger partial charge in [-0.05, 0) is 19.1 Å². The summed E-state index contributed by atoms with van der Waals surface area (Å²) in [6, 6.07) is 3.35. The van der Waals surface area contributed by atoms with Crippen LogP contribution in [0.25, 0.3) is 5.52 Å². The number of rotatable bonds is 3. The summed E-state index contributed by atoms with van der Waals surface area (Å²) >= 11 is 0. The lowest BCUT2D eigenvalue weighted by molar-refractivity contribution is -0.116. The molecular formula is C12H13N3O3. The second kappa shape index (κ2) is 4.48. The normalized spacial score (nSPS) is 10.6. The summed E-state index contributed by atoms with van der Waals surface area (Å²) in [5.74, 6) is -0.0991. The van der Waals surface area contributed by atoms with Crippen molar-refractivity contribution in [1.82, 2.24) is 9.38 Å². The Morgan fingerprint density at radius 1 is 1.44 bits per heavy atom. The zero-order chi connectivity index (χ0) is 13.3. The molecule has 2 rings (SSSR count). The number of carbonyl (C=O) groups is 2. The Morgan fingerprint density at radius 3 is 2.78 bits per heavy atom. The van der Waals surface area contributed by atoms with Crippen molar-refractivity contribution in [3.8, 4) is 0 Å². The van der Waals surface area contributed by atoms with E-state index in [1.54, 1.807) is 22.7 Å². The molecule has 0 fully saturated rings. The molecule has 0 radical (unpaired) electrons. The van der Waals surface area contributed by atoms with Crippen molar-refractivity contribution < 1.29 is 14.3 Å². The van der Waals surface area contributed by atoms with Gasteiger partial charge in [-0.25, -0.2) is 9.78 Å². The summed E-state index contributed by atoms with van der Waals surface area (Å²) in [6.07, 6.45) is 1.77. The predicted molar refractivity (Wildman–Crippen MR) is 65.3 cm³/mol. The van der Waals surface area contributed by atoms with Gasteiger partial charge in [-0.2, -0.15) is 0 Å². The number of Topliss-reactive ketones (excluding diaryl/α,β-unsaturated/α-hetero) is 1. The van der Waals surface area contributed by atoms with Gasteiger partial charge in [0.1, 0.15) is 11.6 Å². The number of ketones is 1. The van der Waals surface area contributed by atoms with Crippen molar-refractivity contribution in [3.63, 3.8) is 0 Å². The molecule has 0 saturated heterocycles. The van der Waals surface area contributed by atoms with Gasteiger partial charge in [-0.1, -0.05) is 0 Å². The van der Waals surface area contributed by atoms with Gasteiger partial charge < -0.3 is 14.9 Å². The molecular weight excluding hydrogens is 234 g/mol. The van der Waals surface area contributed by atoms with Gasteiger partial charge in [-0.15, -0.1) is 0 Å². The molecule has 2 N–H and O–H groups in total. The Bertz CT molecular complexity index is 631. The molecule has 2 aromatic rings. The summed E-state index contributed by atoms with van der Waals surface area (Å²) in [6.45, 7) is 1.46. The maximum Gasteiger partial charge on any atom is 0.358 e. The lowest BCUT2D eigenvalue weighted by atomic mass is 10.3. The number of esters is 1. The molecule has 94 valence electrons. The number of pyridine rings is 1. The first kappa shape index (κ1) is 12.1. The van der Waals surface area contributed by atoms with E-state index in [0.29, 0.717) is 17.0 Å². The molecule has 0 aromatic carbocycles. The van der Waals surface area contributed by atoms with Gasteiger partial charge in [0.05, 0.1) is 19.0 Å². The second-order valence-corrected chi connectivity index (χ2v) is 3.96. The number of hydrogen-bond acceptors (Lipinski definition) is 5. The molecule has 0 amide bonds. The SMILES string of the molecule is COC(=O)c1nc(CC(C)=O)n2cc(N)ccc12. The number of ether oxygens (including phenoxy) is 1. The van der Waals surface area contributed by atoms with E-state index in [-0.39, 0.29) is 17.9 Å². The molecule has 2 heterocycles. The highest BCUT2D eigenvalue weighted by Crippen LogP contribution is 2.17. The van der Waals surface area contributed by atoms with Crippen LogP contribution in [0.4, 0.5) is 5.69 Å². The fraction of sp³-hybridized carbons (Fsp3) is 0.250. The van der Waals surface area contributed by atoms with Crippen LogP contribution in [0.5, 0.6) is 0 Å². The average molecular weight is 247 g/mol. The molecule has 6 heteroatoms. The maximum absolute atomic E-state index is 11.6. The van der Waals surface area contributed by atoms with Gasteiger partial charge in [0.2, 0.25) is 0 Å². The Balaban J connectivity index is 2.66. The Hall–Kier alpha value is -2.37. The molecule has 2 aromatic heterocycles. The number of aromatic nitrogens is 2. The van der Waals surface area contributed by atoms with Gasteiger partial charge in [0, 0.05) is 11.9 Å². The standard InChI is InChI=1S/C12H13N3O3/c1-7(16)5-10-14-11(12(17)18-2)9-4-3-8(13)6-15(9)10/h3-4,6H,5,13H2,1-2H3. The van der Waals surface area contributed by atoms with Crippen LogP contribution in [0, 0.1) is 0 Å². The number of nitrogens with zero attached hydrogens (tertiary/aromatic N) is 2. The van der Waals surface area contributed by atoms with Crippen molar-refractivity contribution in [2.75, 3.05) is 12.8 Å². The van der Waals surface area contributed by atoms with Crippen LogP contribution in [0.15, 0.2) is 18.3 Å². The molecule has 18 heavy (non-hydrogen) atoms. The van der Waals surface area contributed by atoms with E-state index < -0.39 is 5.97 Å². The monoisotopic (exact) mass is 247 g/mol. The lowest BCUT2D eigenvalue weighted by Gasteiger charge is -2.00. The largest absolute Gasteiger partial charge is 0.464 e. The third-order valence-electron chi connectivity index (χ3n) is 2.52. The Kier molecular flexibility index (Phi) is 3.01. The number of fused-ring (bicyclic) bond motifs is 1. The average Bonchev–Trinajstić information content (AvgIpc) is 2.66. The third-order valence-corrected chi connectivity index (χ3v) is 2.52.